The highest BCUT2D eigenvalue weighted by Gasteiger charge is 2.44. The smallest absolute Gasteiger partial charge is 0.0473 e. The number of rotatable bonds is 6. The van der Waals surface area contributed by atoms with Crippen molar-refractivity contribution < 1.29 is 0 Å². The van der Waals surface area contributed by atoms with E-state index in [0.29, 0.717) is 12.1 Å². The minimum absolute atomic E-state index is 0.185. The highest BCUT2D eigenvalue weighted by Crippen LogP contribution is 2.32. The fraction of sp³-hybridized carbons (Fsp3) is 1.00. The van der Waals surface area contributed by atoms with Crippen molar-refractivity contribution in [3.63, 3.8) is 0 Å². The van der Waals surface area contributed by atoms with Crippen LogP contribution in [0.5, 0.6) is 0 Å². The predicted molar refractivity (Wildman–Crippen MR) is 78.7 cm³/mol. The number of hydrogen-bond donors (Lipinski definition) is 1. The van der Waals surface area contributed by atoms with Crippen molar-refractivity contribution >= 4 is 11.8 Å². The molecule has 1 rings (SSSR count). The molecule has 102 valence electrons. The van der Waals surface area contributed by atoms with Crippen LogP contribution in [0.1, 0.15) is 26.7 Å². The van der Waals surface area contributed by atoms with E-state index in [0.717, 1.165) is 13.1 Å². The molecule has 0 radical (unpaired) electrons. The van der Waals surface area contributed by atoms with E-state index in [1.54, 1.807) is 0 Å². The summed E-state index contributed by atoms with van der Waals surface area (Å²) in [4.78, 5) is 5.00. The maximum absolute atomic E-state index is 6.11. The fourth-order valence-corrected chi connectivity index (χ4v) is 3.87. The zero-order valence-electron chi connectivity index (χ0n) is 12.1. The minimum atomic E-state index is 0.185. The van der Waals surface area contributed by atoms with Crippen molar-refractivity contribution in [1.29, 1.82) is 0 Å². The molecule has 0 aromatic carbocycles. The zero-order valence-corrected chi connectivity index (χ0v) is 12.9. The summed E-state index contributed by atoms with van der Waals surface area (Å²) in [7, 11) is 4.48. The summed E-state index contributed by atoms with van der Waals surface area (Å²) in [5.74, 6) is 1.20. The summed E-state index contributed by atoms with van der Waals surface area (Å²) in [5.41, 5.74) is 6.29. The number of likely N-dealkylation sites (tertiary alicyclic amines) is 1. The lowest BCUT2D eigenvalue weighted by molar-refractivity contribution is 0.0923. The number of likely N-dealkylation sites (N-methyl/N-ethyl adjacent to an activating group) is 2. The standard InChI is InChI=1S/C13H29N3S/c1-6-12(8-17-5)16(4)13(9-14)7-11(2)15(3)10-13/h11-12H,6-10,14H2,1-5H3. The van der Waals surface area contributed by atoms with E-state index < -0.39 is 0 Å². The third-order valence-corrected chi connectivity index (χ3v) is 5.20. The third-order valence-electron chi connectivity index (χ3n) is 4.48. The Balaban J connectivity index is 2.79. The normalized spacial score (nSPS) is 32.3. The van der Waals surface area contributed by atoms with Crippen LogP contribution in [0.15, 0.2) is 0 Å². The van der Waals surface area contributed by atoms with Gasteiger partial charge in [-0.15, -0.1) is 0 Å². The van der Waals surface area contributed by atoms with Crippen molar-refractivity contribution in [3.05, 3.63) is 0 Å². The first-order valence-electron chi connectivity index (χ1n) is 6.63. The average Bonchev–Trinajstić information content (AvgIpc) is 2.62. The molecule has 4 heteroatoms. The van der Waals surface area contributed by atoms with Gasteiger partial charge in [-0.05, 0) is 40.1 Å². The van der Waals surface area contributed by atoms with Crippen LogP contribution in [0.4, 0.5) is 0 Å². The van der Waals surface area contributed by atoms with Crippen molar-refractivity contribution in [2.24, 2.45) is 5.73 Å². The van der Waals surface area contributed by atoms with Gasteiger partial charge < -0.3 is 10.6 Å². The molecule has 0 bridgehead atoms. The molecule has 1 aliphatic rings. The van der Waals surface area contributed by atoms with E-state index in [2.05, 4.69) is 44.0 Å². The summed E-state index contributed by atoms with van der Waals surface area (Å²) in [6.07, 6.45) is 4.59. The van der Waals surface area contributed by atoms with Gasteiger partial charge in [-0.25, -0.2) is 0 Å². The van der Waals surface area contributed by atoms with Gasteiger partial charge in [-0.1, -0.05) is 6.92 Å². The van der Waals surface area contributed by atoms with Crippen molar-refractivity contribution in [3.8, 4) is 0 Å². The van der Waals surface area contributed by atoms with Crippen LogP contribution in [0, 0.1) is 0 Å². The summed E-state index contributed by atoms with van der Waals surface area (Å²) in [5, 5.41) is 0. The Labute approximate surface area is 111 Å². The maximum atomic E-state index is 6.11. The molecule has 3 unspecified atom stereocenters. The number of nitrogens with two attached hydrogens (primary N) is 1. The molecule has 0 saturated carbocycles. The quantitative estimate of drug-likeness (QED) is 0.783. The number of nitrogens with zero attached hydrogens (tertiary/aromatic N) is 2. The van der Waals surface area contributed by atoms with E-state index in [-0.39, 0.29) is 5.54 Å². The lowest BCUT2D eigenvalue weighted by Gasteiger charge is -2.42. The average molecular weight is 259 g/mol. The van der Waals surface area contributed by atoms with Gasteiger partial charge in [0.2, 0.25) is 0 Å². The molecule has 0 amide bonds. The SMILES string of the molecule is CCC(CSC)N(C)C1(CN)CC(C)N(C)C1. The molecular weight excluding hydrogens is 230 g/mol. The van der Waals surface area contributed by atoms with Crippen LogP contribution < -0.4 is 5.73 Å². The summed E-state index contributed by atoms with van der Waals surface area (Å²) in [6, 6.07) is 1.29. The van der Waals surface area contributed by atoms with Gasteiger partial charge in [0.1, 0.15) is 0 Å². The Morgan fingerprint density at radius 3 is 2.59 bits per heavy atom. The van der Waals surface area contributed by atoms with E-state index in [9.17, 15) is 0 Å². The Morgan fingerprint density at radius 2 is 2.24 bits per heavy atom. The van der Waals surface area contributed by atoms with Crippen molar-refractivity contribution in [1.82, 2.24) is 9.80 Å². The topological polar surface area (TPSA) is 32.5 Å². The first-order chi connectivity index (χ1) is 8.00. The van der Waals surface area contributed by atoms with E-state index in [1.807, 2.05) is 11.8 Å². The Morgan fingerprint density at radius 1 is 1.59 bits per heavy atom. The highest BCUT2D eigenvalue weighted by atomic mass is 32.2. The zero-order chi connectivity index (χ0) is 13.1. The lowest BCUT2D eigenvalue weighted by atomic mass is 9.92. The van der Waals surface area contributed by atoms with Gasteiger partial charge in [-0.3, -0.25) is 4.90 Å². The molecule has 0 spiro atoms. The maximum Gasteiger partial charge on any atom is 0.0473 e. The first-order valence-corrected chi connectivity index (χ1v) is 8.02. The molecule has 1 fully saturated rings. The van der Waals surface area contributed by atoms with Gasteiger partial charge in [0.25, 0.3) is 0 Å². The molecule has 0 aliphatic carbocycles. The molecule has 1 heterocycles. The van der Waals surface area contributed by atoms with Crippen LogP contribution in [-0.4, -0.2) is 66.6 Å². The highest BCUT2D eigenvalue weighted by molar-refractivity contribution is 7.98. The Bertz CT molecular complexity index is 225. The summed E-state index contributed by atoms with van der Waals surface area (Å²) in [6.45, 7) is 6.46. The van der Waals surface area contributed by atoms with Crippen molar-refractivity contribution in [2.75, 3.05) is 39.2 Å². The largest absolute Gasteiger partial charge is 0.329 e. The molecule has 2 N–H and O–H groups in total. The number of hydrogen-bond acceptors (Lipinski definition) is 4. The Kier molecular flexibility index (Phi) is 5.77. The lowest BCUT2D eigenvalue weighted by Crippen LogP contribution is -2.57. The Hall–Kier alpha value is 0.230. The van der Waals surface area contributed by atoms with Crippen LogP contribution in [-0.2, 0) is 0 Å². The van der Waals surface area contributed by atoms with Gasteiger partial charge in [0, 0.05) is 36.5 Å². The van der Waals surface area contributed by atoms with Crippen LogP contribution in [0.2, 0.25) is 0 Å². The second-order valence-corrected chi connectivity index (χ2v) is 6.44. The van der Waals surface area contributed by atoms with Gasteiger partial charge in [0.15, 0.2) is 0 Å². The molecule has 1 aliphatic heterocycles. The summed E-state index contributed by atoms with van der Waals surface area (Å²) >= 11 is 1.94. The molecular formula is C13H29N3S. The predicted octanol–water partition coefficient (Wildman–Crippen LogP) is 1.48. The number of thioether (sulfide) groups is 1. The van der Waals surface area contributed by atoms with Crippen molar-refractivity contribution in [2.45, 2.75) is 44.3 Å². The molecule has 1 saturated heterocycles. The van der Waals surface area contributed by atoms with Crippen LogP contribution >= 0.6 is 11.8 Å². The fourth-order valence-electron chi connectivity index (χ4n) is 3.02. The second kappa shape index (κ2) is 6.41. The van der Waals surface area contributed by atoms with Gasteiger partial charge in [0.05, 0.1) is 0 Å². The van der Waals surface area contributed by atoms with Crippen LogP contribution in [0.25, 0.3) is 0 Å². The molecule has 0 aromatic rings. The second-order valence-electron chi connectivity index (χ2n) is 5.53. The van der Waals surface area contributed by atoms with E-state index in [4.69, 9.17) is 5.73 Å². The van der Waals surface area contributed by atoms with E-state index in [1.165, 1.54) is 18.6 Å². The molecule has 0 aromatic heterocycles. The molecule has 3 nitrogen and oxygen atoms in total. The van der Waals surface area contributed by atoms with Gasteiger partial charge >= 0.3 is 0 Å². The van der Waals surface area contributed by atoms with Gasteiger partial charge in [-0.2, -0.15) is 11.8 Å². The molecule has 17 heavy (non-hydrogen) atoms. The third kappa shape index (κ3) is 3.16. The minimum Gasteiger partial charge on any atom is -0.329 e. The summed E-state index contributed by atoms with van der Waals surface area (Å²) < 4.78 is 0. The van der Waals surface area contributed by atoms with E-state index >= 15 is 0 Å². The van der Waals surface area contributed by atoms with Crippen LogP contribution in [0.3, 0.4) is 0 Å². The molecule has 3 atom stereocenters. The monoisotopic (exact) mass is 259 g/mol. The first kappa shape index (κ1) is 15.3.